The SMILES string of the molecule is c1ccc(C[C@H]2CSC(Nc3ccccc3)=N2)cc1. The zero-order chi connectivity index (χ0) is 12.9. The number of nitrogens with zero attached hydrogens (tertiary/aromatic N) is 1. The summed E-state index contributed by atoms with van der Waals surface area (Å²) in [7, 11) is 0. The zero-order valence-corrected chi connectivity index (χ0v) is 11.4. The van der Waals surface area contributed by atoms with Crippen molar-refractivity contribution in [3.8, 4) is 0 Å². The van der Waals surface area contributed by atoms with Crippen molar-refractivity contribution in [2.45, 2.75) is 12.5 Å². The van der Waals surface area contributed by atoms with Crippen LogP contribution in [0.4, 0.5) is 5.69 Å². The average Bonchev–Trinajstić information content (AvgIpc) is 2.88. The molecule has 0 unspecified atom stereocenters. The Bertz CT molecular complexity index is 551. The van der Waals surface area contributed by atoms with Gasteiger partial charge in [-0.25, -0.2) is 0 Å². The molecular formula is C16H16N2S. The minimum atomic E-state index is 0.388. The summed E-state index contributed by atoms with van der Waals surface area (Å²) < 4.78 is 0. The van der Waals surface area contributed by atoms with Crippen molar-refractivity contribution < 1.29 is 0 Å². The number of amidine groups is 1. The molecule has 0 radical (unpaired) electrons. The van der Waals surface area contributed by atoms with E-state index in [1.807, 2.05) is 18.2 Å². The number of thioether (sulfide) groups is 1. The Balaban J connectivity index is 1.62. The highest BCUT2D eigenvalue weighted by Gasteiger charge is 2.18. The summed E-state index contributed by atoms with van der Waals surface area (Å²) >= 11 is 1.80. The Hall–Kier alpha value is -1.74. The fourth-order valence-electron chi connectivity index (χ4n) is 2.12. The second-order valence-electron chi connectivity index (χ2n) is 4.58. The van der Waals surface area contributed by atoms with Crippen LogP contribution in [0.25, 0.3) is 0 Å². The van der Waals surface area contributed by atoms with Gasteiger partial charge in [-0.15, -0.1) is 0 Å². The van der Waals surface area contributed by atoms with Gasteiger partial charge in [-0.1, -0.05) is 60.3 Å². The summed E-state index contributed by atoms with van der Waals surface area (Å²) in [5.41, 5.74) is 2.46. The van der Waals surface area contributed by atoms with Crippen LogP contribution in [-0.2, 0) is 6.42 Å². The van der Waals surface area contributed by atoms with Crippen LogP contribution in [-0.4, -0.2) is 17.0 Å². The van der Waals surface area contributed by atoms with Crippen LogP contribution in [0.5, 0.6) is 0 Å². The number of hydrogen-bond donors (Lipinski definition) is 1. The van der Waals surface area contributed by atoms with E-state index in [9.17, 15) is 0 Å². The Morgan fingerprint density at radius 1 is 1.00 bits per heavy atom. The Morgan fingerprint density at radius 3 is 2.42 bits per heavy atom. The van der Waals surface area contributed by atoms with Gasteiger partial charge in [-0.2, -0.15) is 0 Å². The van der Waals surface area contributed by atoms with Gasteiger partial charge in [0.1, 0.15) is 0 Å². The van der Waals surface area contributed by atoms with Gasteiger partial charge in [0.15, 0.2) is 5.17 Å². The Morgan fingerprint density at radius 2 is 1.68 bits per heavy atom. The summed E-state index contributed by atoms with van der Waals surface area (Å²) in [6, 6.07) is 21.2. The molecule has 0 saturated carbocycles. The molecule has 2 nitrogen and oxygen atoms in total. The molecule has 3 rings (SSSR count). The van der Waals surface area contributed by atoms with E-state index in [0.717, 1.165) is 23.0 Å². The van der Waals surface area contributed by atoms with Crippen LogP contribution in [0.15, 0.2) is 65.7 Å². The summed E-state index contributed by atoms with van der Waals surface area (Å²) in [5, 5.41) is 4.40. The summed E-state index contributed by atoms with van der Waals surface area (Å²) in [5.74, 6) is 1.06. The van der Waals surface area contributed by atoms with E-state index in [2.05, 4.69) is 47.8 Å². The Kier molecular flexibility index (Phi) is 3.84. The van der Waals surface area contributed by atoms with E-state index in [-0.39, 0.29) is 0 Å². The first-order chi connectivity index (χ1) is 9.40. The molecule has 1 heterocycles. The maximum absolute atomic E-state index is 4.75. The molecule has 19 heavy (non-hydrogen) atoms. The van der Waals surface area contributed by atoms with Crippen LogP contribution in [0, 0.1) is 0 Å². The number of anilines is 1. The van der Waals surface area contributed by atoms with E-state index >= 15 is 0 Å². The molecular weight excluding hydrogens is 252 g/mol. The molecule has 2 aromatic rings. The molecule has 0 aromatic heterocycles. The normalized spacial score (nSPS) is 18.1. The maximum Gasteiger partial charge on any atom is 0.161 e. The van der Waals surface area contributed by atoms with Crippen molar-refractivity contribution >= 4 is 22.6 Å². The third-order valence-corrected chi connectivity index (χ3v) is 4.08. The van der Waals surface area contributed by atoms with Gasteiger partial charge < -0.3 is 5.32 Å². The van der Waals surface area contributed by atoms with Crippen molar-refractivity contribution in [3.05, 3.63) is 66.2 Å². The minimum absolute atomic E-state index is 0.388. The third kappa shape index (κ3) is 3.38. The van der Waals surface area contributed by atoms with E-state index in [0.29, 0.717) is 6.04 Å². The maximum atomic E-state index is 4.75. The monoisotopic (exact) mass is 268 g/mol. The molecule has 96 valence electrons. The number of aliphatic imine (C=N–C) groups is 1. The molecule has 0 bridgehead atoms. The van der Waals surface area contributed by atoms with Crippen LogP contribution < -0.4 is 5.32 Å². The average molecular weight is 268 g/mol. The van der Waals surface area contributed by atoms with E-state index in [1.54, 1.807) is 11.8 Å². The lowest BCUT2D eigenvalue weighted by Gasteiger charge is -2.05. The van der Waals surface area contributed by atoms with Crippen molar-refractivity contribution in [3.63, 3.8) is 0 Å². The first-order valence-corrected chi connectivity index (χ1v) is 7.45. The molecule has 1 atom stereocenters. The fraction of sp³-hybridized carbons (Fsp3) is 0.188. The molecule has 1 N–H and O–H groups in total. The van der Waals surface area contributed by atoms with Crippen LogP contribution in [0.3, 0.4) is 0 Å². The van der Waals surface area contributed by atoms with Gasteiger partial charge in [0.25, 0.3) is 0 Å². The molecule has 0 fully saturated rings. The fourth-order valence-corrected chi connectivity index (χ4v) is 3.08. The van der Waals surface area contributed by atoms with E-state index in [1.165, 1.54) is 5.56 Å². The molecule has 0 saturated heterocycles. The highest BCUT2D eigenvalue weighted by Crippen LogP contribution is 2.22. The molecule has 1 aliphatic heterocycles. The summed E-state index contributed by atoms with van der Waals surface area (Å²) in [4.78, 5) is 4.75. The number of rotatable bonds is 3. The molecule has 3 heteroatoms. The topological polar surface area (TPSA) is 24.4 Å². The minimum Gasteiger partial charge on any atom is -0.335 e. The highest BCUT2D eigenvalue weighted by molar-refractivity contribution is 8.14. The largest absolute Gasteiger partial charge is 0.335 e. The van der Waals surface area contributed by atoms with Gasteiger partial charge in [0.05, 0.1) is 6.04 Å². The van der Waals surface area contributed by atoms with Gasteiger partial charge >= 0.3 is 0 Å². The van der Waals surface area contributed by atoms with Crippen molar-refractivity contribution in [1.29, 1.82) is 0 Å². The predicted octanol–water partition coefficient (Wildman–Crippen LogP) is 3.81. The molecule has 1 aliphatic rings. The zero-order valence-electron chi connectivity index (χ0n) is 10.6. The van der Waals surface area contributed by atoms with E-state index < -0.39 is 0 Å². The van der Waals surface area contributed by atoms with Gasteiger partial charge in [0, 0.05) is 11.4 Å². The smallest absolute Gasteiger partial charge is 0.161 e. The second kappa shape index (κ2) is 5.93. The highest BCUT2D eigenvalue weighted by atomic mass is 32.2. The number of nitrogens with one attached hydrogen (secondary N) is 1. The van der Waals surface area contributed by atoms with E-state index in [4.69, 9.17) is 4.99 Å². The molecule has 0 amide bonds. The van der Waals surface area contributed by atoms with Gasteiger partial charge in [-0.3, -0.25) is 4.99 Å². The third-order valence-electron chi connectivity index (χ3n) is 3.05. The standard InChI is InChI=1S/C16H16N2S/c1-3-7-13(8-4-1)11-15-12-19-16(18-15)17-14-9-5-2-6-10-14/h1-10,15H,11-12H2,(H,17,18)/t15-/m0/s1. The second-order valence-corrected chi connectivity index (χ2v) is 5.59. The van der Waals surface area contributed by atoms with Crippen molar-refractivity contribution in [2.75, 3.05) is 11.1 Å². The summed E-state index contributed by atoms with van der Waals surface area (Å²) in [6.07, 6.45) is 1.02. The lowest BCUT2D eigenvalue weighted by atomic mass is 10.1. The van der Waals surface area contributed by atoms with Crippen molar-refractivity contribution in [1.82, 2.24) is 0 Å². The molecule has 2 aromatic carbocycles. The number of benzene rings is 2. The lowest BCUT2D eigenvalue weighted by molar-refractivity contribution is 0.762. The first-order valence-electron chi connectivity index (χ1n) is 6.47. The molecule has 0 spiro atoms. The van der Waals surface area contributed by atoms with Gasteiger partial charge in [-0.05, 0) is 24.1 Å². The number of hydrogen-bond acceptors (Lipinski definition) is 3. The van der Waals surface area contributed by atoms with Crippen LogP contribution in [0.1, 0.15) is 5.56 Å². The van der Waals surface area contributed by atoms with Crippen LogP contribution >= 0.6 is 11.8 Å². The Labute approximate surface area is 118 Å². The number of para-hydroxylation sites is 1. The predicted molar refractivity (Wildman–Crippen MR) is 83.9 cm³/mol. The first kappa shape index (κ1) is 12.3. The van der Waals surface area contributed by atoms with Crippen LogP contribution in [0.2, 0.25) is 0 Å². The lowest BCUT2D eigenvalue weighted by Crippen LogP contribution is -2.08. The van der Waals surface area contributed by atoms with Gasteiger partial charge in [0.2, 0.25) is 0 Å². The quantitative estimate of drug-likeness (QED) is 0.915. The summed E-state index contributed by atoms with van der Waals surface area (Å²) in [6.45, 7) is 0. The van der Waals surface area contributed by atoms with Crippen molar-refractivity contribution in [2.24, 2.45) is 4.99 Å². The molecule has 0 aliphatic carbocycles.